The van der Waals surface area contributed by atoms with Crippen molar-refractivity contribution in [2.24, 2.45) is 11.8 Å². The summed E-state index contributed by atoms with van der Waals surface area (Å²) in [5.74, 6) is 2.15. The summed E-state index contributed by atoms with van der Waals surface area (Å²) >= 11 is 1.72. The van der Waals surface area contributed by atoms with E-state index < -0.39 is 0 Å². The second kappa shape index (κ2) is 5.55. The highest BCUT2D eigenvalue weighted by Gasteiger charge is 2.42. The zero-order chi connectivity index (χ0) is 16.1. The fourth-order valence-electron chi connectivity index (χ4n) is 4.37. The van der Waals surface area contributed by atoms with Crippen molar-refractivity contribution in [3.05, 3.63) is 39.8 Å². The molecule has 0 saturated carbocycles. The van der Waals surface area contributed by atoms with E-state index in [1.54, 1.807) is 23.7 Å². The third kappa shape index (κ3) is 2.32. The number of hydrogen-bond acceptors (Lipinski definition) is 5. The van der Waals surface area contributed by atoms with Gasteiger partial charge in [0.15, 0.2) is 0 Å². The van der Waals surface area contributed by atoms with Crippen molar-refractivity contribution < 1.29 is 4.79 Å². The Bertz CT molecular complexity index is 739. The number of fused-ring (bicyclic) bond motifs is 2. The number of anilines is 1. The average Bonchev–Trinajstić information content (AvgIpc) is 3.33. The van der Waals surface area contributed by atoms with Crippen molar-refractivity contribution in [3.8, 4) is 0 Å². The highest BCUT2D eigenvalue weighted by molar-refractivity contribution is 7.14. The van der Waals surface area contributed by atoms with Crippen molar-refractivity contribution in [2.45, 2.75) is 19.3 Å². The molecule has 0 aromatic carbocycles. The molecule has 2 fully saturated rings. The van der Waals surface area contributed by atoms with Gasteiger partial charge in [-0.05, 0) is 37.0 Å². The predicted molar refractivity (Wildman–Crippen MR) is 93.5 cm³/mol. The number of aromatic nitrogens is 2. The molecule has 2 aromatic heterocycles. The van der Waals surface area contributed by atoms with Gasteiger partial charge in [0.1, 0.15) is 0 Å². The van der Waals surface area contributed by atoms with Gasteiger partial charge >= 0.3 is 0 Å². The first-order valence-electron chi connectivity index (χ1n) is 8.71. The van der Waals surface area contributed by atoms with Gasteiger partial charge in [-0.3, -0.25) is 4.79 Å². The number of aryl methyl sites for hydroxylation is 2. The van der Waals surface area contributed by atoms with E-state index in [0.717, 1.165) is 49.8 Å². The van der Waals surface area contributed by atoms with E-state index in [9.17, 15) is 4.79 Å². The lowest BCUT2D eigenvalue weighted by atomic mass is 10.0. The first kappa shape index (κ1) is 14.4. The fourth-order valence-corrected chi connectivity index (χ4v) is 5.59. The van der Waals surface area contributed by atoms with Crippen LogP contribution < -0.4 is 4.90 Å². The molecule has 5 rings (SSSR count). The van der Waals surface area contributed by atoms with Gasteiger partial charge in [-0.15, -0.1) is 11.3 Å². The number of rotatable bonds is 2. The third-order valence-corrected chi connectivity index (χ3v) is 6.79. The van der Waals surface area contributed by atoms with Crippen LogP contribution in [0, 0.1) is 11.8 Å². The van der Waals surface area contributed by atoms with Crippen LogP contribution in [0.5, 0.6) is 0 Å². The molecule has 5 nitrogen and oxygen atoms in total. The van der Waals surface area contributed by atoms with E-state index in [4.69, 9.17) is 0 Å². The monoisotopic (exact) mass is 340 g/mol. The van der Waals surface area contributed by atoms with Gasteiger partial charge in [-0.25, -0.2) is 9.97 Å². The molecular formula is C18H20N4OS. The number of amides is 1. The van der Waals surface area contributed by atoms with E-state index in [-0.39, 0.29) is 5.91 Å². The number of carbonyl (C=O) groups is 1. The minimum Gasteiger partial charge on any atom is -0.340 e. The van der Waals surface area contributed by atoms with Gasteiger partial charge in [-0.2, -0.15) is 0 Å². The second-order valence-corrected chi connectivity index (χ2v) is 8.23. The lowest BCUT2D eigenvalue weighted by Gasteiger charge is -2.21. The van der Waals surface area contributed by atoms with Crippen LogP contribution in [0.1, 0.15) is 26.5 Å². The van der Waals surface area contributed by atoms with Crippen LogP contribution in [0.4, 0.5) is 5.95 Å². The molecule has 0 unspecified atom stereocenters. The molecule has 0 radical (unpaired) electrons. The Morgan fingerprint density at radius 1 is 1.08 bits per heavy atom. The zero-order valence-electron chi connectivity index (χ0n) is 13.5. The zero-order valence-corrected chi connectivity index (χ0v) is 14.3. The van der Waals surface area contributed by atoms with Gasteiger partial charge in [0.05, 0.1) is 4.88 Å². The van der Waals surface area contributed by atoms with E-state index in [1.165, 1.54) is 16.9 Å². The van der Waals surface area contributed by atoms with Gasteiger partial charge in [0, 0.05) is 55.3 Å². The average molecular weight is 340 g/mol. The lowest BCUT2D eigenvalue weighted by Crippen LogP contribution is -2.33. The van der Waals surface area contributed by atoms with Crippen molar-refractivity contribution in [1.82, 2.24) is 14.9 Å². The summed E-state index contributed by atoms with van der Waals surface area (Å²) < 4.78 is 0. The maximum absolute atomic E-state index is 12.8. The van der Waals surface area contributed by atoms with Crippen LogP contribution in [0.3, 0.4) is 0 Å². The predicted octanol–water partition coefficient (Wildman–Crippen LogP) is 2.24. The van der Waals surface area contributed by atoms with Crippen molar-refractivity contribution in [2.75, 3.05) is 31.1 Å². The fraction of sp³-hybridized carbons (Fsp3) is 0.500. The van der Waals surface area contributed by atoms with Crippen LogP contribution in [0.15, 0.2) is 24.5 Å². The Kier molecular flexibility index (Phi) is 3.33. The molecular weight excluding hydrogens is 320 g/mol. The number of hydrogen-bond donors (Lipinski definition) is 0. The first-order chi connectivity index (χ1) is 11.8. The molecule has 24 heavy (non-hydrogen) atoms. The molecule has 0 spiro atoms. The maximum Gasteiger partial charge on any atom is 0.263 e. The van der Waals surface area contributed by atoms with Gasteiger partial charge in [0.2, 0.25) is 5.95 Å². The molecule has 6 heteroatoms. The third-order valence-electron chi connectivity index (χ3n) is 5.57. The van der Waals surface area contributed by atoms with Gasteiger partial charge in [0.25, 0.3) is 5.91 Å². The minimum absolute atomic E-state index is 0.242. The summed E-state index contributed by atoms with van der Waals surface area (Å²) in [6, 6.07) is 3.99. The molecule has 2 atom stereocenters. The number of thiophene rings is 1. The molecule has 1 aliphatic carbocycles. The Hall–Kier alpha value is -1.95. The Labute approximate surface area is 145 Å². The Morgan fingerprint density at radius 3 is 2.54 bits per heavy atom. The van der Waals surface area contributed by atoms with Crippen LogP contribution in [-0.4, -0.2) is 47.0 Å². The normalized spacial score (nSPS) is 25.2. The van der Waals surface area contributed by atoms with E-state index in [2.05, 4.69) is 25.8 Å². The molecule has 1 amide bonds. The van der Waals surface area contributed by atoms with Crippen LogP contribution in [0.25, 0.3) is 0 Å². The standard InChI is InChI=1S/C18H20N4OS/c23-17(16-7-12-3-1-4-15(12)24-16)21-8-13-10-22(11-14(13)9-21)18-19-5-2-6-20-18/h2,5-7,13-14H,1,3-4,8-11H2/t13-,14+. The molecule has 2 aliphatic heterocycles. The highest BCUT2D eigenvalue weighted by atomic mass is 32.1. The highest BCUT2D eigenvalue weighted by Crippen LogP contribution is 2.35. The van der Waals surface area contributed by atoms with Crippen LogP contribution in [0.2, 0.25) is 0 Å². The van der Waals surface area contributed by atoms with E-state index in [1.807, 2.05) is 6.07 Å². The van der Waals surface area contributed by atoms with Crippen molar-refractivity contribution in [3.63, 3.8) is 0 Å². The van der Waals surface area contributed by atoms with E-state index in [0.29, 0.717) is 11.8 Å². The summed E-state index contributed by atoms with van der Waals surface area (Å²) in [6.45, 7) is 3.66. The van der Waals surface area contributed by atoms with Gasteiger partial charge in [-0.1, -0.05) is 0 Å². The number of carbonyl (C=O) groups excluding carboxylic acids is 1. The number of likely N-dealkylation sites (tertiary alicyclic amines) is 1. The summed E-state index contributed by atoms with van der Waals surface area (Å²) in [5, 5.41) is 0. The van der Waals surface area contributed by atoms with E-state index >= 15 is 0 Å². The summed E-state index contributed by atoms with van der Waals surface area (Å²) in [4.78, 5) is 28.3. The summed E-state index contributed by atoms with van der Waals surface area (Å²) in [5.41, 5.74) is 1.41. The van der Waals surface area contributed by atoms with Crippen LogP contribution >= 0.6 is 11.3 Å². The minimum atomic E-state index is 0.242. The molecule has 124 valence electrons. The molecule has 4 heterocycles. The number of nitrogens with zero attached hydrogens (tertiary/aromatic N) is 4. The second-order valence-electron chi connectivity index (χ2n) is 7.10. The van der Waals surface area contributed by atoms with Crippen molar-refractivity contribution in [1.29, 1.82) is 0 Å². The summed E-state index contributed by atoms with van der Waals surface area (Å²) in [7, 11) is 0. The SMILES string of the molecule is O=C(c1cc2c(s1)CCC2)N1C[C@@H]2CN(c3ncccn3)C[C@@H]2C1. The Balaban J connectivity index is 1.27. The Morgan fingerprint density at radius 2 is 1.83 bits per heavy atom. The largest absolute Gasteiger partial charge is 0.340 e. The maximum atomic E-state index is 12.8. The molecule has 3 aliphatic rings. The smallest absolute Gasteiger partial charge is 0.263 e. The molecule has 0 bridgehead atoms. The van der Waals surface area contributed by atoms with Crippen molar-refractivity contribution >= 4 is 23.2 Å². The molecule has 2 aromatic rings. The quantitative estimate of drug-likeness (QED) is 0.841. The molecule has 0 N–H and O–H groups in total. The summed E-state index contributed by atoms with van der Waals surface area (Å²) in [6.07, 6.45) is 7.15. The molecule has 2 saturated heterocycles. The first-order valence-corrected chi connectivity index (χ1v) is 9.52. The van der Waals surface area contributed by atoms with Crippen LogP contribution in [-0.2, 0) is 12.8 Å². The topological polar surface area (TPSA) is 49.3 Å². The van der Waals surface area contributed by atoms with Gasteiger partial charge < -0.3 is 9.80 Å². The lowest BCUT2D eigenvalue weighted by molar-refractivity contribution is 0.0787.